The molecule has 0 spiro atoms. The number of aromatic nitrogens is 2. The van der Waals surface area contributed by atoms with Crippen molar-refractivity contribution in [2.24, 2.45) is 5.92 Å². The van der Waals surface area contributed by atoms with Crippen molar-refractivity contribution in [1.82, 2.24) is 15.5 Å². The third-order valence-corrected chi connectivity index (χ3v) is 5.63. The van der Waals surface area contributed by atoms with E-state index < -0.39 is 0 Å². The third kappa shape index (κ3) is 2.81. The first-order chi connectivity index (χ1) is 12.2. The number of allylic oxidation sites excluding steroid dienone is 2. The largest absolute Gasteiger partial charge is 0.343 e. The van der Waals surface area contributed by atoms with Gasteiger partial charge in [0.25, 0.3) is 0 Å². The van der Waals surface area contributed by atoms with Crippen LogP contribution in [0.2, 0.25) is 10.0 Å². The molecule has 1 aromatic carbocycles. The predicted octanol–water partition coefficient (Wildman–Crippen LogP) is 4.05. The van der Waals surface area contributed by atoms with Crippen molar-refractivity contribution < 1.29 is 0 Å². The maximum atomic E-state index is 9.99. The molecule has 0 saturated carbocycles. The van der Waals surface area contributed by atoms with Crippen LogP contribution < -0.4 is 10.6 Å². The molecule has 1 saturated heterocycles. The molecule has 25 heavy (non-hydrogen) atoms. The molecule has 1 aromatic heterocycles. The Morgan fingerprint density at radius 1 is 1.16 bits per heavy atom. The van der Waals surface area contributed by atoms with Gasteiger partial charge in [-0.2, -0.15) is 10.4 Å². The molecule has 0 radical (unpaired) electrons. The number of hydrogen-bond acceptors (Lipinski definition) is 4. The second-order valence-corrected chi connectivity index (χ2v) is 7.17. The Balaban J connectivity index is 1.91. The van der Waals surface area contributed by atoms with E-state index in [1.54, 1.807) is 6.20 Å². The number of anilines is 1. The highest BCUT2D eigenvalue weighted by atomic mass is 35.5. The van der Waals surface area contributed by atoms with Crippen molar-refractivity contribution in [2.45, 2.75) is 18.8 Å². The summed E-state index contributed by atoms with van der Waals surface area (Å²) < 4.78 is 0. The number of nitrogens with zero attached hydrogens (tertiary/aromatic N) is 2. The zero-order valence-corrected chi connectivity index (χ0v) is 15.0. The lowest BCUT2D eigenvalue weighted by molar-refractivity contribution is 0.418. The van der Waals surface area contributed by atoms with Gasteiger partial charge in [0.2, 0.25) is 0 Å². The Morgan fingerprint density at radius 3 is 2.56 bits per heavy atom. The van der Waals surface area contributed by atoms with Crippen molar-refractivity contribution in [3.63, 3.8) is 0 Å². The molecule has 128 valence electrons. The van der Waals surface area contributed by atoms with Gasteiger partial charge in [0, 0.05) is 32.8 Å². The molecule has 2 aromatic rings. The van der Waals surface area contributed by atoms with Crippen LogP contribution in [-0.2, 0) is 0 Å². The first-order valence-electron chi connectivity index (χ1n) is 8.29. The molecule has 3 heterocycles. The molecule has 4 rings (SSSR count). The number of aromatic amines is 1. The maximum absolute atomic E-state index is 9.99. The maximum Gasteiger partial charge on any atom is 0.129 e. The molecule has 1 unspecified atom stereocenters. The number of nitrogens with one attached hydrogen (secondary N) is 3. The summed E-state index contributed by atoms with van der Waals surface area (Å²) in [5.74, 6) is 0.802. The summed E-state index contributed by atoms with van der Waals surface area (Å²) in [4.78, 5) is 0. The van der Waals surface area contributed by atoms with Gasteiger partial charge < -0.3 is 10.6 Å². The lowest BCUT2D eigenvalue weighted by Crippen LogP contribution is -2.32. The minimum Gasteiger partial charge on any atom is -0.343 e. The van der Waals surface area contributed by atoms with Crippen molar-refractivity contribution in [1.29, 1.82) is 5.26 Å². The van der Waals surface area contributed by atoms with E-state index >= 15 is 0 Å². The Kier molecular flexibility index (Phi) is 4.43. The average molecular weight is 374 g/mol. The van der Waals surface area contributed by atoms with E-state index in [1.165, 1.54) is 0 Å². The molecular formula is C18H17Cl2N5. The molecule has 7 heteroatoms. The highest BCUT2D eigenvalue weighted by Gasteiger charge is 2.36. The van der Waals surface area contributed by atoms with Gasteiger partial charge in [0.15, 0.2) is 0 Å². The summed E-state index contributed by atoms with van der Waals surface area (Å²) in [5, 5.41) is 25.1. The van der Waals surface area contributed by atoms with E-state index in [-0.39, 0.29) is 5.92 Å². The Labute approximate surface area is 156 Å². The fourth-order valence-corrected chi connectivity index (χ4v) is 4.39. The van der Waals surface area contributed by atoms with Gasteiger partial charge in [-0.1, -0.05) is 29.3 Å². The highest BCUT2D eigenvalue weighted by Crippen LogP contribution is 2.47. The zero-order chi connectivity index (χ0) is 17.4. The van der Waals surface area contributed by atoms with E-state index in [1.807, 2.05) is 18.2 Å². The number of halogens is 2. The number of piperidine rings is 1. The van der Waals surface area contributed by atoms with Crippen LogP contribution in [0, 0.1) is 17.2 Å². The molecule has 1 fully saturated rings. The van der Waals surface area contributed by atoms with Crippen molar-refractivity contribution in [3.8, 4) is 6.07 Å². The van der Waals surface area contributed by atoms with Crippen LogP contribution >= 0.6 is 23.2 Å². The van der Waals surface area contributed by atoms with E-state index in [0.29, 0.717) is 21.5 Å². The number of fused-ring (bicyclic) bond motifs is 1. The average Bonchev–Trinajstić information content (AvgIpc) is 3.10. The lowest BCUT2D eigenvalue weighted by Gasteiger charge is -2.33. The molecule has 2 aliphatic heterocycles. The summed E-state index contributed by atoms with van der Waals surface area (Å²) >= 11 is 12.9. The van der Waals surface area contributed by atoms with Gasteiger partial charge in [0.05, 0.1) is 23.8 Å². The van der Waals surface area contributed by atoms with Crippen molar-refractivity contribution in [3.05, 3.63) is 56.8 Å². The Morgan fingerprint density at radius 2 is 1.88 bits per heavy atom. The number of H-pyrrole nitrogens is 1. The first-order valence-corrected chi connectivity index (χ1v) is 9.05. The zero-order valence-electron chi connectivity index (χ0n) is 13.4. The normalized spacial score (nSPS) is 20.8. The smallest absolute Gasteiger partial charge is 0.129 e. The summed E-state index contributed by atoms with van der Waals surface area (Å²) in [7, 11) is 0. The standard InChI is InChI=1S/C18H17Cl2N5/c19-13-2-1-3-14(20)16(13)15-11(8-21)17(10-4-6-22-7-5-10)24-18-12(15)9-23-25-18/h1-3,9-10,15,22H,4-7H2,(H2,23,24,25). The molecule has 5 nitrogen and oxygen atoms in total. The number of nitriles is 1. The summed E-state index contributed by atoms with van der Waals surface area (Å²) in [6.07, 6.45) is 3.71. The van der Waals surface area contributed by atoms with Crippen LogP contribution in [0.15, 0.2) is 35.7 Å². The molecular weight excluding hydrogens is 357 g/mol. The van der Waals surface area contributed by atoms with Gasteiger partial charge in [-0.15, -0.1) is 0 Å². The predicted molar refractivity (Wildman–Crippen MR) is 98.7 cm³/mol. The van der Waals surface area contributed by atoms with Gasteiger partial charge in [-0.05, 0) is 38.1 Å². The van der Waals surface area contributed by atoms with E-state index in [0.717, 1.165) is 48.6 Å². The molecule has 0 aliphatic carbocycles. The molecule has 2 aliphatic rings. The van der Waals surface area contributed by atoms with Crippen LogP contribution in [0.25, 0.3) is 0 Å². The van der Waals surface area contributed by atoms with Crippen molar-refractivity contribution in [2.75, 3.05) is 18.4 Å². The van der Waals surface area contributed by atoms with Crippen LogP contribution in [0.4, 0.5) is 5.82 Å². The quantitative estimate of drug-likeness (QED) is 0.741. The SMILES string of the molecule is N#CC1=C(C2CCNCC2)Nc2[nH]ncc2C1c1c(Cl)cccc1Cl. The fraction of sp³-hybridized carbons (Fsp3) is 0.333. The minimum absolute atomic E-state index is 0.302. The van der Waals surface area contributed by atoms with Crippen LogP contribution in [0.5, 0.6) is 0 Å². The van der Waals surface area contributed by atoms with Crippen LogP contribution in [0.3, 0.4) is 0 Å². The molecule has 3 N–H and O–H groups in total. The molecule has 0 amide bonds. The van der Waals surface area contributed by atoms with Gasteiger partial charge >= 0.3 is 0 Å². The van der Waals surface area contributed by atoms with Gasteiger partial charge in [-0.3, -0.25) is 5.10 Å². The monoisotopic (exact) mass is 373 g/mol. The summed E-state index contributed by atoms with van der Waals surface area (Å²) in [6, 6.07) is 7.86. The second-order valence-electron chi connectivity index (χ2n) is 6.36. The number of rotatable bonds is 2. The second kappa shape index (κ2) is 6.72. The van der Waals surface area contributed by atoms with Crippen LogP contribution in [0.1, 0.15) is 29.9 Å². The Hall–Kier alpha value is -2.00. The summed E-state index contributed by atoms with van der Waals surface area (Å²) in [5.41, 5.74) is 3.29. The number of hydrogen-bond donors (Lipinski definition) is 3. The highest BCUT2D eigenvalue weighted by molar-refractivity contribution is 6.36. The van der Waals surface area contributed by atoms with Crippen LogP contribution in [-0.4, -0.2) is 23.3 Å². The third-order valence-electron chi connectivity index (χ3n) is 4.97. The van der Waals surface area contributed by atoms with E-state index in [2.05, 4.69) is 26.9 Å². The fourth-order valence-electron chi connectivity index (χ4n) is 3.77. The minimum atomic E-state index is -0.314. The topological polar surface area (TPSA) is 76.5 Å². The number of benzene rings is 1. The molecule has 0 bridgehead atoms. The first kappa shape index (κ1) is 16.5. The van der Waals surface area contributed by atoms with E-state index in [9.17, 15) is 5.26 Å². The lowest BCUT2D eigenvalue weighted by atomic mass is 9.79. The Bertz CT molecular complexity index is 854. The molecule has 1 atom stereocenters. The van der Waals surface area contributed by atoms with E-state index in [4.69, 9.17) is 23.2 Å². The van der Waals surface area contributed by atoms with Gasteiger partial charge in [0.1, 0.15) is 5.82 Å². The van der Waals surface area contributed by atoms with Crippen molar-refractivity contribution >= 4 is 29.0 Å². The van der Waals surface area contributed by atoms with Gasteiger partial charge in [-0.25, -0.2) is 0 Å². The summed E-state index contributed by atoms with van der Waals surface area (Å²) in [6.45, 7) is 1.89.